The van der Waals surface area contributed by atoms with Crippen molar-refractivity contribution in [3.8, 4) is 0 Å². The van der Waals surface area contributed by atoms with Crippen LogP contribution in [0, 0.1) is 6.92 Å². The summed E-state index contributed by atoms with van der Waals surface area (Å²) in [5, 5.41) is 4.15. The SMILES string of the molecule is CC(=O)c1cnn(Cc2ccc(N3CCC(F)(F)C3)nc2C)c1. The maximum absolute atomic E-state index is 13.3. The van der Waals surface area contributed by atoms with E-state index >= 15 is 0 Å². The first kappa shape index (κ1) is 15.6. The molecule has 1 fully saturated rings. The zero-order valence-electron chi connectivity index (χ0n) is 13.1. The summed E-state index contributed by atoms with van der Waals surface area (Å²) in [6, 6.07) is 3.64. The fourth-order valence-corrected chi connectivity index (χ4v) is 2.66. The number of aromatic nitrogens is 3. The van der Waals surface area contributed by atoms with Crippen LogP contribution in [0.15, 0.2) is 24.5 Å². The molecule has 0 bridgehead atoms. The minimum absolute atomic E-state index is 0.0311. The number of alkyl halides is 2. The second-order valence-electron chi connectivity index (χ2n) is 5.92. The molecule has 2 aromatic heterocycles. The smallest absolute Gasteiger partial charge is 0.266 e. The Labute approximate surface area is 132 Å². The van der Waals surface area contributed by atoms with Gasteiger partial charge >= 0.3 is 0 Å². The lowest BCUT2D eigenvalue weighted by molar-refractivity contribution is 0.0256. The van der Waals surface area contributed by atoms with Gasteiger partial charge in [0, 0.05) is 24.9 Å². The van der Waals surface area contributed by atoms with E-state index in [1.54, 1.807) is 21.8 Å². The molecule has 1 aliphatic heterocycles. The summed E-state index contributed by atoms with van der Waals surface area (Å²) >= 11 is 0. The van der Waals surface area contributed by atoms with Gasteiger partial charge in [0.1, 0.15) is 5.82 Å². The van der Waals surface area contributed by atoms with Crippen molar-refractivity contribution in [2.24, 2.45) is 0 Å². The molecule has 23 heavy (non-hydrogen) atoms. The van der Waals surface area contributed by atoms with Gasteiger partial charge in [0.2, 0.25) is 0 Å². The number of pyridine rings is 1. The lowest BCUT2D eigenvalue weighted by Gasteiger charge is -2.18. The van der Waals surface area contributed by atoms with Crippen LogP contribution in [0.5, 0.6) is 0 Å². The summed E-state index contributed by atoms with van der Waals surface area (Å²) in [7, 11) is 0. The number of carbonyl (C=O) groups is 1. The Hall–Kier alpha value is -2.31. The van der Waals surface area contributed by atoms with E-state index in [0.717, 1.165) is 11.3 Å². The quantitative estimate of drug-likeness (QED) is 0.813. The number of halogens is 2. The molecule has 0 aliphatic carbocycles. The lowest BCUT2D eigenvalue weighted by Crippen LogP contribution is -2.25. The van der Waals surface area contributed by atoms with E-state index < -0.39 is 5.92 Å². The predicted molar refractivity (Wildman–Crippen MR) is 82.1 cm³/mol. The molecule has 0 aromatic carbocycles. The van der Waals surface area contributed by atoms with Crippen molar-refractivity contribution in [2.45, 2.75) is 32.7 Å². The fourth-order valence-electron chi connectivity index (χ4n) is 2.66. The number of carbonyl (C=O) groups excluding carboxylic acids is 1. The molecule has 1 saturated heterocycles. The molecule has 3 rings (SSSR count). The van der Waals surface area contributed by atoms with Crippen LogP contribution >= 0.6 is 0 Å². The highest BCUT2D eigenvalue weighted by Crippen LogP contribution is 2.30. The van der Waals surface area contributed by atoms with Crippen LogP contribution in [-0.2, 0) is 6.54 Å². The Morgan fingerprint density at radius 3 is 2.74 bits per heavy atom. The molecule has 0 unspecified atom stereocenters. The first-order valence-corrected chi connectivity index (χ1v) is 7.47. The number of hydrogen-bond donors (Lipinski definition) is 0. The average molecular weight is 320 g/mol. The van der Waals surface area contributed by atoms with Crippen molar-refractivity contribution in [1.82, 2.24) is 14.8 Å². The van der Waals surface area contributed by atoms with Gasteiger partial charge in [0.25, 0.3) is 5.92 Å². The van der Waals surface area contributed by atoms with Gasteiger partial charge in [-0.1, -0.05) is 6.07 Å². The summed E-state index contributed by atoms with van der Waals surface area (Å²) in [4.78, 5) is 17.3. The van der Waals surface area contributed by atoms with Gasteiger partial charge in [-0.15, -0.1) is 0 Å². The Bertz CT molecular complexity index is 741. The second kappa shape index (κ2) is 5.72. The Morgan fingerprint density at radius 1 is 1.39 bits per heavy atom. The topological polar surface area (TPSA) is 51.0 Å². The third-order valence-electron chi connectivity index (χ3n) is 4.05. The van der Waals surface area contributed by atoms with Crippen molar-refractivity contribution >= 4 is 11.6 Å². The van der Waals surface area contributed by atoms with Gasteiger partial charge in [-0.3, -0.25) is 9.48 Å². The molecule has 2 aromatic rings. The van der Waals surface area contributed by atoms with E-state index in [4.69, 9.17) is 0 Å². The van der Waals surface area contributed by atoms with Gasteiger partial charge in [0.15, 0.2) is 5.78 Å². The number of nitrogens with zero attached hydrogens (tertiary/aromatic N) is 4. The number of rotatable bonds is 4. The van der Waals surface area contributed by atoms with Crippen LogP contribution in [0.25, 0.3) is 0 Å². The summed E-state index contributed by atoms with van der Waals surface area (Å²) in [6.07, 6.45) is 3.10. The number of hydrogen-bond acceptors (Lipinski definition) is 4. The Kier molecular flexibility index (Phi) is 3.87. The van der Waals surface area contributed by atoms with Crippen molar-refractivity contribution in [1.29, 1.82) is 0 Å². The molecule has 0 amide bonds. The third-order valence-corrected chi connectivity index (χ3v) is 4.05. The second-order valence-corrected chi connectivity index (χ2v) is 5.92. The van der Waals surface area contributed by atoms with Crippen molar-refractivity contribution in [2.75, 3.05) is 18.0 Å². The molecule has 0 spiro atoms. The lowest BCUT2D eigenvalue weighted by atomic mass is 10.2. The molecule has 0 radical (unpaired) electrons. The van der Waals surface area contributed by atoms with Gasteiger partial charge in [-0.05, 0) is 25.5 Å². The van der Waals surface area contributed by atoms with Crippen LogP contribution in [0.4, 0.5) is 14.6 Å². The van der Waals surface area contributed by atoms with Gasteiger partial charge in [0.05, 0.1) is 24.8 Å². The van der Waals surface area contributed by atoms with E-state index in [1.165, 1.54) is 13.1 Å². The molecule has 122 valence electrons. The molecule has 0 N–H and O–H groups in total. The summed E-state index contributed by atoms with van der Waals surface area (Å²) in [5.74, 6) is -2.09. The average Bonchev–Trinajstić information content (AvgIpc) is 3.07. The maximum atomic E-state index is 13.3. The summed E-state index contributed by atoms with van der Waals surface area (Å²) < 4.78 is 28.3. The first-order valence-electron chi connectivity index (χ1n) is 7.47. The summed E-state index contributed by atoms with van der Waals surface area (Å²) in [6.45, 7) is 3.87. The normalized spacial score (nSPS) is 16.8. The fraction of sp³-hybridized carbons (Fsp3) is 0.438. The molecule has 0 saturated carbocycles. The minimum Gasteiger partial charge on any atom is -0.350 e. The monoisotopic (exact) mass is 320 g/mol. The van der Waals surface area contributed by atoms with E-state index in [2.05, 4.69) is 10.1 Å². The highest BCUT2D eigenvalue weighted by Gasteiger charge is 2.38. The Morgan fingerprint density at radius 2 is 2.17 bits per heavy atom. The zero-order chi connectivity index (χ0) is 16.6. The van der Waals surface area contributed by atoms with E-state index in [1.807, 2.05) is 13.0 Å². The van der Waals surface area contributed by atoms with Crippen LogP contribution in [0.2, 0.25) is 0 Å². The van der Waals surface area contributed by atoms with Gasteiger partial charge < -0.3 is 4.90 Å². The van der Waals surface area contributed by atoms with Gasteiger partial charge in [-0.25, -0.2) is 13.8 Å². The number of Topliss-reactive ketones (excluding diaryl/α,β-unsaturated/α-hetero) is 1. The molecule has 0 atom stereocenters. The highest BCUT2D eigenvalue weighted by molar-refractivity contribution is 5.93. The summed E-state index contributed by atoms with van der Waals surface area (Å²) in [5.41, 5.74) is 2.28. The standard InChI is InChI=1S/C16H18F2N4O/c1-11-13(8-22-9-14(7-19-22)12(2)23)3-4-15(20-11)21-6-5-16(17,18)10-21/h3-4,7,9H,5-6,8,10H2,1-2H3. The van der Waals surface area contributed by atoms with Gasteiger partial charge in [-0.2, -0.15) is 5.10 Å². The van der Waals surface area contributed by atoms with Crippen LogP contribution < -0.4 is 4.90 Å². The number of ketones is 1. The predicted octanol–water partition coefficient (Wildman–Crippen LogP) is 2.68. The molecule has 7 heteroatoms. The molecular formula is C16H18F2N4O. The third kappa shape index (κ3) is 3.38. The van der Waals surface area contributed by atoms with Crippen LogP contribution in [0.3, 0.4) is 0 Å². The van der Waals surface area contributed by atoms with Crippen molar-refractivity contribution in [3.63, 3.8) is 0 Å². The zero-order valence-corrected chi connectivity index (χ0v) is 13.1. The highest BCUT2D eigenvalue weighted by atomic mass is 19.3. The van der Waals surface area contributed by atoms with E-state index in [9.17, 15) is 13.6 Å². The van der Waals surface area contributed by atoms with E-state index in [0.29, 0.717) is 24.5 Å². The minimum atomic E-state index is -2.63. The van der Waals surface area contributed by atoms with E-state index in [-0.39, 0.29) is 18.7 Å². The van der Waals surface area contributed by atoms with Crippen LogP contribution in [-0.4, -0.2) is 39.6 Å². The van der Waals surface area contributed by atoms with Crippen LogP contribution in [0.1, 0.15) is 35.0 Å². The molecule has 3 heterocycles. The Balaban J connectivity index is 1.75. The van der Waals surface area contributed by atoms with Crippen molar-refractivity contribution in [3.05, 3.63) is 41.3 Å². The molecular weight excluding hydrogens is 302 g/mol. The molecule has 5 nitrogen and oxygen atoms in total. The largest absolute Gasteiger partial charge is 0.350 e. The number of anilines is 1. The first-order chi connectivity index (χ1) is 10.8. The maximum Gasteiger partial charge on any atom is 0.266 e. The molecule has 1 aliphatic rings. The van der Waals surface area contributed by atoms with Crippen molar-refractivity contribution < 1.29 is 13.6 Å². The number of aryl methyl sites for hydroxylation is 1.